The molecule has 178 valence electrons. The summed E-state index contributed by atoms with van der Waals surface area (Å²) < 4.78 is 44.1. The SMILES string of the molecule is COc1ccccc1CNC(=O)C(C)N1CCN(c2ccc(C(F)(F)F)cc2[N+](=O)[O-])CC1. The maximum atomic E-state index is 12.9. The molecule has 1 atom stereocenters. The number of rotatable bonds is 7. The number of para-hydroxylation sites is 1. The Morgan fingerprint density at radius 3 is 2.45 bits per heavy atom. The molecule has 0 aromatic heterocycles. The van der Waals surface area contributed by atoms with Gasteiger partial charge in [-0.2, -0.15) is 13.2 Å². The van der Waals surface area contributed by atoms with Gasteiger partial charge in [0.25, 0.3) is 5.69 Å². The van der Waals surface area contributed by atoms with E-state index in [0.29, 0.717) is 44.5 Å². The molecule has 8 nitrogen and oxygen atoms in total. The number of ether oxygens (including phenoxy) is 1. The molecule has 1 aliphatic heterocycles. The lowest BCUT2D eigenvalue weighted by Gasteiger charge is -2.38. The number of amides is 1. The standard InChI is InChI=1S/C22H25F3N4O4/c1-15(21(30)26-14-16-5-3-4-6-20(16)33-2)27-9-11-28(12-10-27)18-8-7-17(22(23,24)25)13-19(18)29(31)32/h3-8,13,15H,9-12,14H2,1-2H3,(H,26,30). The van der Waals surface area contributed by atoms with Crippen molar-refractivity contribution in [2.75, 3.05) is 38.2 Å². The Morgan fingerprint density at radius 1 is 1.18 bits per heavy atom. The molecule has 1 aliphatic rings. The van der Waals surface area contributed by atoms with Gasteiger partial charge in [-0.1, -0.05) is 18.2 Å². The fourth-order valence-electron chi connectivity index (χ4n) is 3.81. The van der Waals surface area contributed by atoms with Crippen molar-refractivity contribution in [2.45, 2.75) is 25.7 Å². The van der Waals surface area contributed by atoms with Gasteiger partial charge < -0.3 is 15.0 Å². The van der Waals surface area contributed by atoms with Gasteiger partial charge in [-0.15, -0.1) is 0 Å². The number of carbonyl (C=O) groups excluding carboxylic acids is 1. The first-order chi connectivity index (χ1) is 15.6. The summed E-state index contributed by atoms with van der Waals surface area (Å²) in [4.78, 5) is 26.8. The van der Waals surface area contributed by atoms with Gasteiger partial charge in [-0.25, -0.2) is 0 Å². The molecule has 11 heteroatoms. The van der Waals surface area contributed by atoms with Crippen molar-refractivity contribution in [2.24, 2.45) is 0 Å². The Morgan fingerprint density at radius 2 is 1.85 bits per heavy atom. The summed E-state index contributed by atoms with van der Waals surface area (Å²) in [6.07, 6.45) is -4.66. The molecule has 3 rings (SSSR count). The average Bonchev–Trinajstić information content (AvgIpc) is 2.81. The fraction of sp³-hybridized carbons (Fsp3) is 0.409. The molecule has 33 heavy (non-hydrogen) atoms. The molecular formula is C22H25F3N4O4. The van der Waals surface area contributed by atoms with Gasteiger partial charge in [0.2, 0.25) is 5.91 Å². The lowest BCUT2D eigenvalue weighted by Crippen LogP contribution is -2.54. The van der Waals surface area contributed by atoms with Crippen LogP contribution in [0.1, 0.15) is 18.1 Å². The molecule has 1 unspecified atom stereocenters. The highest BCUT2D eigenvalue weighted by Gasteiger charge is 2.34. The minimum absolute atomic E-state index is 0.140. The maximum absolute atomic E-state index is 12.9. The molecule has 1 heterocycles. The van der Waals surface area contributed by atoms with Crippen LogP contribution in [0.4, 0.5) is 24.5 Å². The molecule has 0 radical (unpaired) electrons. The predicted octanol–water partition coefficient (Wildman–Crippen LogP) is 3.45. The van der Waals surface area contributed by atoms with Crippen molar-refractivity contribution >= 4 is 17.3 Å². The smallest absolute Gasteiger partial charge is 0.416 e. The second kappa shape index (κ2) is 10.1. The largest absolute Gasteiger partial charge is 0.496 e. The summed E-state index contributed by atoms with van der Waals surface area (Å²) in [5.41, 5.74) is -0.654. The number of carbonyl (C=O) groups is 1. The quantitative estimate of drug-likeness (QED) is 0.497. The number of halogens is 3. The normalized spacial score (nSPS) is 15.7. The van der Waals surface area contributed by atoms with Crippen LogP contribution in [0.2, 0.25) is 0 Å². The number of methoxy groups -OCH3 is 1. The summed E-state index contributed by atoms with van der Waals surface area (Å²) >= 11 is 0. The number of alkyl halides is 3. The lowest BCUT2D eigenvalue weighted by molar-refractivity contribution is -0.384. The summed E-state index contributed by atoms with van der Waals surface area (Å²) in [7, 11) is 1.56. The Kier molecular flexibility index (Phi) is 7.42. The van der Waals surface area contributed by atoms with Crippen LogP contribution >= 0.6 is 0 Å². The van der Waals surface area contributed by atoms with E-state index in [9.17, 15) is 28.1 Å². The van der Waals surface area contributed by atoms with Crippen LogP contribution in [0.15, 0.2) is 42.5 Å². The highest BCUT2D eigenvalue weighted by atomic mass is 19.4. The molecule has 0 saturated carbocycles. The first-order valence-electron chi connectivity index (χ1n) is 10.4. The van der Waals surface area contributed by atoms with Gasteiger partial charge in [-0.3, -0.25) is 19.8 Å². The van der Waals surface area contributed by atoms with Gasteiger partial charge in [0.05, 0.1) is 23.6 Å². The second-order valence-corrected chi connectivity index (χ2v) is 7.69. The maximum Gasteiger partial charge on any atom is 0.416 e. The Hall–Kier alpha value is -3.34. The highest BCUT2D eigenvalue weighted by Crippen LogP contribution is 2.36. The van der Waals surface area contributed by atoms with Crippen molar-refractivity contribution < 1.29 is 27.6 Å². The predicted molar refractivity (Wildman–Crippen MR) is 116 cm³/mol. The third-order valence-corrected chi connectivity index (χ3v) is 5.73. The van der Waals surface area contributed by atoms with E-state index in [1.54, 1.807) is 18.9 Å². The number of hydrogen-bond acceptors (Lipinski definition) is 6. The number of hydrogen-bond donors (Lipinski definition) is 1. The molecule has 2 aromatic carbocycles. The zero-order valence-electron chi connectivity index (χ0n) is 18.3. The summed E-state index contributed by atoms with van der Waals surface area (Å²) in [6, 6.07) is 9.48. The zero-order valence-corrected chi connectivity index (χ0v) is 18.3. The van der Waals surface area contributed by atoms with Crippen LogP contribution in [-0.2, 0) is 17.5 Å². The monoisotopic (exact) mass is 466 g/mol. The average molecular weight is 466 g/mol. The van der Waals surface area contributed by atoms with E-state index in [4.69, 9.17) is 4.74 Å². The van der Waals surface area contributed by atoms with Gasteiger partial charge >= 0.3 is 6.18 Å². The summed E-state index contributed by atoms with van der Waals surface area (Å²) in [6.45, 7) is 3.63. The minimum Gasteiger partial charge on any atom is -0.496 e. The Bertz CT molecular complexity index is 1010. The van der Waals surface area contributed by atoms with Gasteiger partial charge in [0, 0.05) is 44.4 Å². The van der Waals surface area contributed by atoms with Crippen molar-refractivity contribution in [3.8, 4) is 5.75 Å². The van der Waals surface area contributed by atoms with E-state index in [0.717, 1.165) is 17.7 Å². The Balaban J connectivity index is 1.61. The number of nitro benzene ring substituents is 1. The van der Waals surface area contributed by atoms with Gasteiger partial charge in [0.15, 0.2) is 0 Å². The number of benzene rings is 2. The molecule has 2 aromatic rings. The Labute approximate surface area is 189 Å². The van der Waals surface area contributed by atoms with E-state index in [1.165, 1.54) is 0 Å². The topological polar surface area (TPSA) is 88.0 Å². The number of nitrogens with zero attached hydrogens (tertiary/aromatic N) is 3. The third kappa shape index (κ3) is 5.72. The zero-order chi connectivity index (χ0) is 24.2. The highest BCUT2D eigenvalue weighted by molar-refractivity contribution is 5.81. The van der Waals surface area contributed by atoms with Crippen molar-refractivity contribution in [3.05, 3.63) is 63.7 Å². The molecular weight excluding hydrogens is 441 g/mol. The minimum atomic E-state index is -4.66. The van der Waals surface area contributed by atoms with Crippen LogP contribution < -0.4 is 15.0 Å². The molecule has 1 saturated heterocycles. The van der Waals surface area contributed by atoms with E-state index in [1.807, 2.05) is 29.2 Å². The molecule has 1 amide bonds. The summed E-state index contributed by atoms with van der Waals surface area (Å²) in [5, 5.41) is 14.3. The molecule has 1 N–H and O–H groups in total. The van der Waals surface area contributed by atoms with Crippen LogP contribution in [0.3, 0.4) is 0 Å². The molecule has 0 aliphatic carbocycles. The fourth-order valence-corrected chi connectivity index (χ4v) is 3.81. The van der Waals surface area contributed by atoms with Crippen molar-refractivity contribution in [3.63, 3.8) is 0 Å². The van der Waals surface area contributed by atoms with Gasteiger partial charge in [-0.05, 0) is 25.1 Å². The molecule has 1 fully saturated rings. The van der Waals surface area contributed by atoms with E-state index in [-0.39, 0.29) is 11.6 Å². The first-order valence-corrected chi connectivity index (χ1v) is 10.4. The first kappa shape index (κ1) is 24.3. The van der Waals surface area contributed by atoms with Gasteiger partial charge in [0.1, 0.15) is 11.4 Å². The molecule has 0 bridgehead atoms. The summed E-state index contributed by atoms with van der Waals surface area (Å²) in [5.74, 6) is 0.507. The van der Waals surface area contributed by atoms with Crippen LogP contribution in [-0.4, -0.2) is 55.1 Å². The van der Waals surface area contributed by atoms with Crippen LogP contribution in [0.5, 0.6) is 5.75 Å². The van der Waals surface area contributed by atoms with Crippen molar-refractivity contribution in [1.29, 1.82) is 0 Å². The van der Waals surface area contributed by atoms with Crippen molar-refractivity contribution in [1.82, 2.24) is 10.2 Å². The van der Waals surface area contributed by atoms with Crippen LogP contribution in [0.25, 0.3) is 0 Å². The van der Waals surface area contributed by atoms with E-state index < -0.39 is 28.4 Å². The van der Waals surface area contributed by atoms with E-state index in [2.05, 4.69) is 5.32 Å². The number of piperazine rings is 1. The third-order valence-electron chi connectivity index (χ3n) is 5.73. The second-order valence-electron chi connectivity index (χ2n) is 7.69. The number of anilines is 1. The lowest BCUT2D eigenvalue weighted by atomic mass is 10.1. The number of nitrogens with one attached hydrogen (secondary N) is 1. The van der Waals surface area contributed by atoms with Crippen LogP contribution in [0, 0.1) is 10.1 Å². The molecule has 0 spiro atoms. The number of nitro groups is 1. The van der Waals surface area contributed by atoms with E-state index >= 15 is 0 Å².